The van der Waals surface area contributed by atoms with Crippen molar-refractivity contribution in [3.8, 4) is 0 Å². The number of ether oxygens (including phenoxy) is 1. The van der Waals surface area contributed by atoms with Crippen LogP contribution in [0.15, 0.2) is 30.3 Å². The number of hydrogen-bond acceptors (Lipinski definition) is 2. The highest BCUT2D eigenvalue weighted by Gasteiger charge is 2.39. The van der Waals surface area contributed by atoms with Crippen molar-refractivity contribution in [1.82, 2.24) is 4.90 Å². The third kappa shape index (κ3) is 4.16. The lowest BCUT2D eigenvalue weighted by atomic mass is 9.68. The fourth-order valence-electron chi connectivity index (χ4n) is 4.36. The largest absolute Gasteiger partial charge is 0.378 e. The fourth-order valence-corrected chi connectivity index (χ4v) is 4.36. The molecule has 2 heteroatoms. The summed E-state index contributed by atoms with van der Waals surface area (Å²) in [5.74, 6) is 0.605. The average molecular weight is 316 g/mol. The second-order valence-corrected chi connectivity index (χ2v) is 7.91. The Hall–Kier alpha value is -0.860. The van der Waals surface area contributed by atoms with Gasteiger partial charge in [0.15, 0.2) is 0 Å². The van der Waals surface area contributed by atoms with Crippen LogP contribution in [-0.4, -0.2) is 37.2 Å². The van der Waals surface area contributed by atoms with Crippen molar-refractivity contribution in [2.75, 3.05) is 26.2 Å². The normalized spacial score (nSPS) is 29.8. The fraction of sp³-hybridized carbons (Fsp3) is 0.714. The molecule has 1 aromatic carbocycles. The molecule has 0 amide bonds. The van der Waals surface area contributed by atoms with E-state index in [1.807, 2.05) is 0 Å². The molecule has 2 aliphatic heterocycles. The summed E-state index contributed by atoms with van der Waals surface area (Å²) < 4.78 is 6.09. The molecule has 23 heavy (non-hydrogen) atoms. The van der Waals surface area contributed by atoms with Crippen molar-refractivity contribution < 1.29 is 4.74 Å². The van der Waals surface area contributed by atoms with Gasteiger partial charge in [-0.1, -0.05) is 50.6 Å². The zero-order valence-corrected chi connectivity index (χ0v) is 15.0. The van der Waals surface area contributed by atoms with E-state index in [4.69, 9.17) is 4.74 Å². The Morgan fingerprint density at radius 2 is 1.87 bits per heavy atom. The predicted octanol–water partition coefficient (Wildman–Crippen LogP) is 4.64. The molecule has 0 spiro atoms. The van der Waals surface area contributed by atoms with Gasteiger partial charge in [-0.15, -0.1) is 0 Å². The van der Waals surface area contributed by atoms with Gasteiger partial charge in [-0.05, 0) is 63.2 Å². The van der Waals surface area contributed by atoms with E-state index in [2.05, 4.69) is 49.1 Å². The Kier molecular flexibility index (Phi) is 5.76. The molecule has 0 radical (unpaired) electrons. The molecule has 0 aromatic heterocycles. The zero-order chi connectivity index (χ0) is 16.1. The van der Waals surface area contributed by atoms with E-state index in [1.54, 1.807) is 0 Å². The minimum Gasteiger partial charge on any atom is -0.378 e. The molecule has 128 valence electrons. The van der Waals surface area contributed by atoms with E-state index in [-0.39, 0.29) is 0 Å². The van der Waals surface area contributed by atoms with Gasteiger partial charge in [0.25, 0.3) is 0 Å². The van der Waals surface area contributed by atoms with Crippen molar-refractivity contribution in [3.63, 3.8) is 0 Å². The number of rotatable bonds is 5. The second-order valence-electron chi connectivity index (χ2n) is 7.91. The third-order valence-corrected chi connectivity index (χ3v) is 5.99. The van der Waals surface area contributed by atoms with Gasteiger partial charge >= 0.3 is 0 Å². The molecule has 0 bridgehead atoms. The van der Waals surface area contributed by atoms with Gasteiger partial charge in [0, 0.05) is 12.0 Å². The van der Waals surface area contributed by atoms with Crippen molar-refractivity contribution in [2.24, 2.45) is 5.92 Å². The van der Waals surface area contributed by atoms with Crippen molar-refractivity contribution in [1.29, 1.82) is 0 Å². The Morgan fingerprint density at radius 3 is 2.57 bits per heavy atom. The van der Waals surface area contributed by atoms with Gasteiger partial charge in [-0.3, -0.25) is 0 Å². The van der Waals surface area contributed by atoms with Crippen LogP contribution in [0.25, 0.3) is 0 Å². The average Bonchev–Trinajstić information content (AvgIpc) is 2.62. The van der Waals surface area contributed by atoms with Crippen LogP contribution < -0.4 is 0 Å². The number of hydrogen-bond donors (Lipinski definition) is 0. The first-order valence-corrected chi connectivity index (χ1v) is 9.59. The summed E-state index contributed by atoms with van der Waals surface area (Å²) in [5.41, 5.74) is 1.84. The van der Waals surface area contributed by atoms with Crippen LogP contribution in [0, 0.1) is 5.92 Å². The van der Waals surface area contributed by atoms with Gasteiger partial charge in [-0.2, -0.15) is 0 Å². The minimum atomic E-state index is 0.311. The highest BCUT2D eigenvalue weighted by molar-refractivity contribution is 5.26. The summed E-state index contributed by atoms with van der Waals surface area (Å²) in [6.07, 6.45) is 8.24. The van der Waals surface area contributed by atoms with Crippen LogP contribution in [-0.2, 0) is 10.2 Å². The molecule has 0 unspecified atom stereocenters. The maximum Gasteiger partial charge on any atom is 0.0606 e. The Labute approximate surface area is 142 Å². The number of benzene rings is 1. The van der Waals surface area contributed by atoms with E-state index >= 15 is 0 Å². The van der Waals surface area contributed by atoms with Crippen LogP contribution in [0.5, 0.6) is 0 Å². The molecular formula is C21H33NO. The van der Waals surface area contributed by atoms with Crippen molar-refractivity contribution >= 4 is 0 Å². The van der Waals surface area contributed by atoms with E-state index in [0.29, 0.717) is 17.4 Å². The third-order valence-electron chi connectivity index (χ3n) is 5.99. The standard InChI is InChI=1S/C21H33NO/c1-18(2)20-17-21(12-16-23-20,19-9-5-3-6-10-19)11-15-22-13-7-4-8-14-22/h3,5-6,9-10,18,20H,4,7-8,11-17H2,1-2H3/t20-,21-/m0/s1. The monoisotopic (exact) mass is 315 g/mol. The minimum absolute atomic E-state index is 0.311. The Balaban J connectivity index is 1.75. The second kappa shape index (κ2) is 7.81. The van der Waals surface area contributed by atoms with Gasteiger partial charge in [0.05, 0.1) is 6.10 Å². The highest BCUT2D eigenvalue weighted by Crippen LogP contribution is 2.42. The summed E-state index contributed by atoms with van der Waals surface area (Å²) in [4.78, 5) is 2.69. The first-order chi connectivity index (χ1) is 11.2. The van der Waals surface area contributed by atoms with Gasteiger partial charge in [-0.25, -0.2) is 0 Å². The first-order valence-electron chi connectivity index (χ1n) is 9.59. The maximum absolute atomic E-state index is 6.09. The molecule has 2 atom stereocenters. The van der Waals surface area contributed by atoms with Crippen LogP contribution >= 0.6 is 0 Å². The maximum atomic E-state index is 6.09. The molecule has 2 aliphatic rings. The molecule has 0 aliphatic carbocycles. The lowest BCUT2D eigenvalue weighted by Crippen LogP contribution is -2.43. The van der Waals surface area contributed by atoms with Crippen LogP contribution in [0.2, 0.25) is 0 Å². The number of likely N-dealkylation sites (tertiary alicyclic amines) is 1. The Morgan fingerprint density at radius 1 is 1.13 bits per heavy atom. The van der Waals surface area contributed by atoms with E-state index in [1.165, 1.54) is 63.7 Å². The quantitative estimate of drug-likeness (QED) is 0.785. The van der Waals surface area contributed by atoms with Crippen LogP contribution in [0.3, 0.4) is 0 Å². The van der Waals surface area contributed by atoms with Crippen LogP contribution in [0.4, 0.5) is 0 Å². The lowest BCUT2D eigenvalue weighted by Gasteiger charge is -2.44. The molecular weight excluding hydrogens is 282 g/mol. The van der Waals surface area contributed by atoms with Crippen molar-refractivity contribution in [3.05, 3.63) is 35.9 Å². The lowest BCUT2D eigenvalue weighted by molar-refractivity contribution is -0.0489. The van der Waals surface area contributed by atoms with Gasteiger partial charge in [0.2, 0.25) is 0 Å². The van der Waals surface area contributed by atoms with E-state index < -0.39 is 0 Å². The van der Waals surface area contributed by atoms with Gasteiger partial charge in [0.1, 0.15) is 0 Å². The summed E-state index contributed by atoms with van der Waals surface area (Å²) in [6, 6.07) is 11.2. The molecule has 2 saturated heterocycles. The first kappa shape index (κ1) is 17.0. The highest BCUT2D eigenvalue weighted by atomic mass is 16.5. The van der Waals surface area contributed by atoms with E-state index in [0.717, 1.165) is 6.61 Å². The summed E-state index contributed by atoms with van der Waals surface area (Å²) in [5, 5.41) is 0. The predicted molar refractivity (Wildman–Crippen MR) is 96.8 cm³/mol. The molecule has 2 fully saturated rings. The van der Waals surface area contributed by atoms with Crippen LogP contribution in [0.1, 0.15) is 57.9 Å². The molecule has 3 rings (SSSR count). The van der Waals surface area contributed by atoms with E-state index in [9.17, 15) is 0 Å². The summed E-state index contributed by atoms with van der Waals surface area (Å²) >= 11 is 0. The smallest absolute Gasteiger partial charge is 0.0606 e. The molecule has 2 nitrogen and oxygen atoms in total. The summed E-state index contributed by atoms with van der Waals surface area (Å²) in [6.45, 7) is 9.37. The SMILES string of the molecule is CC(C)[C@@H]1C[C@@](CCN2CCCCC2)(c2ccccc2)CCO1. The zero-order valence-electron chi connectivity index (χ0n) is 15.0. The molecule has 0 N–H and O–H groups in total. The number of nitrogens with zero attached hydrogens (tertiary/aromatic N) is 1. The van der Waals surface area contributed by atoms with Gasteiger partial charge < -0.3 is 9.64 Å². The number of piperidine rings is 1. The molecule has 2 heterocycles. The Bertz CT molecular complexity index is 466. The summed E-state index contributed by atoms with van der Waals surface area (Å²) in [7, 11) is 0. The topological polar surface area (TPSA) is 12.5 Å². The molecule has 0 saturated carbocycles. The molecule has 1 aromatic rings. The van der Waals surface area contributed by atoms with Crippen molar-refractivity contribution in [2.45, 2.75) is 63.9 Å².